The van der Waals surface area contributed by atoms with Gasteiger partial charge in [-0.25, -0.2) is 0 Å². The Morgan fingerprint density at radius 3 is 2.57 bits per heavy atom. The lowest BCUT2D eigenvalue weighted by atomic mass is 10.1. The van der Waals surface area contributed by atoms with Crippen LogP contribution in [-0.4, -0.2) is 25.5 Å². The average Bonchev–Trinajstić information content (AvgIpc) is 2.54. The first-order chi connectivity index (χ1) is 11.1. The Hall–Kier alpha value is -1.84. The zero-order valence-electron chi connectivity index (χ0n) is 13.7. The van der Waals surface area contributed by atoms with E-state index in [4.69, 9.17) is 11.6 Å². The summed E-state index contributed by atoms with van der Waals surface area (Å²) in [4.78, 5) is 14.2. The lowest BCUT2D eigenvalue weighted by Gasteiger charge is -2.21. The molecule has 23 heavy (non-hydrogen) atoms. The molecule has 0 unspecified atom stereocenters. The van der Waals surface area contributed by atoms with Crippen LogP contribution in [0.15, 0.2) is 48.5 Å². The molecule has 0 aliphatic rings. The van der Waals surface area contributed by atoms with Crippen molar-refractivity contribution >= 4 is 23.2 Å². The number of likely N-dealkylation sites (N-methyl/N-ethyl adjacent to an activating group) is 1. The van der Waals surface area contributed by atoms with Gasteiger partial charge < -0.3 is 10.2 Å². The molecule has 0 bridgehead atoms. The lowest BCUT2D eigenvalue weighted by molar-refractivity contribution is -0.117. The summed E-state index contributed by atoms with van der Waals surface area (Å²) >= 11 is 5.87. The van der Waals surface area contributed by atoms with Crippen molar-refractivity contribution in [2.45, 2.75) is 20.3 Å². The van der Waals surface area contributed by atoms with Gasteiger partial charge in [-0.1, -0.05) is 35.9 Å². The van der Waals surface area contributed by atoms with Crippen molar-refractivity contribution in [1.82, 2.24) is 5.32 Å². The Balaban J connectivity index is 1.82. The monoisotopic (exact) mass is 330 g/mol. The predicted octanol–water partition coefficient (Wildman–Crippen LogP) is 3.83. The number of hydrogen-bond acceptors (Lipinski definition) is 2. The van der Waals surface area contributed by atoms with Crippen LogP contribution in [0.5, 0.6) is 0 Å². The van der Waals surface area contributed by atoms with Gasteiger partial charge in [0.1, 0.15) is 0 Å². The number of nitrogens with one attached hydrogen (secondary N) is 1. The van der Waals surface area contributed by atoms with Crippen LogP contribution in [0.25, 0.3) is 0 Å². The number of amides is 1. The minimum Gasteiger partial charge on any atom is -0.312 e. The smallest absolute Gasteiger partial charge is 0.240 e. The van der Waals surface area contributed by atoms with Crippen molar-refractivity contribution in [3.05, 3.63) is 64.7 Å². The minimum atomic E-state index is 0.0919. The van der Waals surface area contributed by atoms with Gasteiger partial charge in [-0.05, 0) is 62.2 Å². The largest absolute Gasteiger partial charge is 0.312 e. The van der Waals surface area contributed by atoms with Crippen LogP contribution in [0, 0.1) is 6.92 Å². The van der Waals surface area contributed by atoms with Crippen molar-refractivity contribution in [1.29, 1.82) is 0 Å². The molecule has 0 aromatic heterocycles. The molecule has 0 aliphatic heterocycles. The van der Waals surface area contributed by atoms with E-state index in [1.165, 1.54) is 5.56 Å². The topological polar surface area (TPSA) is 32.3 Å². The maximum absolute atomic E-state index is 12.4. The van der Waals surface area contributed by atoms with Gasteiger partial charge in [0.15, 0.2) is 0 Å². The Morgan fingerprint density at radius 2 is 1.91 bits per heavy atom. The van der Waals surface area contributed by atoms with E-state index in [-0.39, 0.29) is 5.91 Å². The van der Waals surface area contributed by atoms with Crippen LogP contribution in [0.2, 0.25) is 5.02 Å². The number of carbonyl (C=O) groups excluding carboxylic acids is 1. The van der Waals surface area contributed by atoms with Crippen LogP contribution < -0.4 is 10.2 Å². The number of benzene rings is 2. The van der Waals surface area contributed by atoms with Crippen LogP contribution in [0.3, 0.4) is 0 Å². The Kier molecular flexibility index (Phi) is 6.63. The summed E-state index contributed by atoms with van der Waals surface area (Å²) in [7, 11) is 0. The molecule has 1 N–H and O–H groups in total. The molecule has 0 fully saturated rings. The molecule has 1 amide bonds. The molecule has 0 radical (unpaired) electrons. The van der Waals surface area contributed by atoms with Crippen molar-refractivity contribution in [2.75, 3.05) is 24.5 Å². The highest BCUT2D eigenvalue weighted by molar-refractivity contribution is 6.30. The van der Waals surface area contributed by atoms with Gasteiger partial charge in [-0.3, -0.25) is 4.79 Å². The molecule has 0 heterocycles. The van der Waals surface area contributed by atoms with Crippen molar-refractivity contribution in [2.24, 2.45) is 0 Å². The predicted molar refractivity (Wildman–Crippen MR) is 97.2 cm³/mol. The second-order valence-electron chi connectivity index (χ2n) is 5.53. The van der Waals surface area contributed by atoms with E-state index in [9.17, 15) is 4.79 Å². The summed E-state index contributed by atoms with van der Waals surface area (Å²) in [6.45, 7) is 5.80. The lowest BCUT2D eigenvalue weighted by Crippen LogP contribution is -2.38. The van der Waals surface area contributed by atoms with E-state index in [0.29, 0.717) is 13.1 Å². The molecule has 3 nitrogen and oxygen atoms in total. The summed E-state index contributed by atoms with van der Waals surface area (Å²) in [5.74, 6) is 0.0919. The van der Waals surface area contributed by atoms with E-state index < -0.39 is 0 Å². The van der Waals surface area contributed by atoms with E-state index in [1.54, 1.807) is 0 Å². The second-order valence-corrected chi connectivity index (χ2v) is 5.97. The summed E-state index contributed by atoms with van der Waals surface area (Å²) in [6.07, 6.45) is 0.876. The van der Waals surface area contributed by atoms with Crippen molar-refractivity contribution in [3.8, 4) is 0 Å². The molecule has 0 aliphatic carbocycles. The van der Waals surface area contributed by atoms with Crippen LogP contribution in [-0.2, 0) is 11.2 Å². The highest BCUT2D eigenvalue weighted by Crippen LogP contribution is 2.15. The Morgan fingerprint density at radius 1 is 1.17 bits per heavy atom. The van der Waals surface area contributed by atoms with Crippen molar-refractivity contribution in [3.63, 3.8) is 0 Å². The summed E-state index contributed by atoms with van der Waals surface area (Å²) < 4.78 is 0. The third-order valence-corrected chi connectivity index (χ3v) is 3.96. The van der Waals surface area contributed by atoms with Gasteiger partial charge in [0.25, 0.3) is 0 Å². The Bertz CT molecular complexity index is 640. The number of anilines is 1. The van der Waals surface area contributed by atoms with E-state index in [1.807, 2.05) is 67.3 Å². The third-order valence-electron chi connectivity index (χ3n) is 3.71. The van der Waals surface area contributed by atoms with Gasteiger partial charge in [-0.2, -0.15) is 0 Å². The first-order valence-electron chi connectivity index (χ1n) is 7.92. The van der Waals surface area contributed by atoms with Gasteiger partial charge in [0.05, 0.1) is 6.54 Å². The van der Waals surface area contributed by atoms with Crippen LogP contribution in [0.4, 0.5) is 5.69 Å². The first-order valence-corrected chi connectivity index (χ1v) is 8.30. The van der Waals surface area contributed by atoms with Crippen LogP contribution >= 0.6 is 11.6 Å². The highest BCUT2D eigenvalue weighted by atomic mass is 35.5. The fraction of sp³-hybridized carbons (Fsp3) is 0.316. The number of hydrogen-bond donors (Lipinski definition) is 1. The Labute approximate surface area is 143 Å². The normalized spacial score (nSPS) is 10.6. The zero-order valence-corrected chi connectivity index (χ0v) is 14.4. The number of aryl methyl sites for hydroxylation is 1. The summed E-state index contributed by atoms with van der Waals surface area (Å²) in [5, 5.41) is 3.97. The highest BCUT2D eigenvalue weighted by Gasteiger charge is 2.13. The van der Waals surface area contributed by atoms with Crippen molar-refractivity contribution < 1.29 is 4.79 Å². The molecule has 4 heteroatoms. The van der Waals surface area contributed by atoms with Gasteiger partial charge >= 0.3 is 0 Å². The van der Waals surface area contributed by atoms with Crippen LogP contribution in [0.1, 0.15) is 18.1 Å². The minimum absolute atomic E-state index is 0.0919. The second kappa shape index (κ2) is 8.70. The van der Waals surface area contributed by atoms with E-state index in [0.717, 1.165) is 29.2 Å². The van der Waals surface area contributed by atoms with Gasteiger partial charge in [0, 0.05) is 17.3 Å². The standard InChI is InChI=1S/C19H23ClN2O/c1-3-22(18-6-4-5-15(2)13-18)19(23)14-21-12-11-16-7-9-17(20)10-8-16/h4-10,13,21H,3,11-12,14H2,1-2H3. The fourth-order valence-corrected chi connectivity index (χ4v) is 2.60. The number of rotatable bonds is 7. The first kappa shape index (κ1) is 17.5. The molecule has 2 rings (SSSR count). The van der Waals surface area contributed by atoms with E-state index in [2.05, 4.69) is 5.32 Å². The molecule has 2 aromatic carbocycles. The fourth-order valence-electron chi connectivity index (χ4n) is 2.47. The molecular formula is C19H23ClN2O. The molecule has 0 atom stereocenters. The van der Waals surface area contributed by atoms with Gasteiger partial charge in [-0.15, -0.1) is 0 Å². The zero-order chi connectivity index (χ0) is 16.7. The number of nitrogens with zero attached hydrogens (tertiary/aromatic N) is 1. The number of carbonyl (C=O) groups is 1. The number of halogens is 1. The quantitative estimate of drug-likeness (QED) is 0.782. The molecular weight excluding hydrogens is 308 g/mol. The molecule has 2 aromatic rings. The molecule has 0 saturated heterocycles. The molecule has 0 saturated carbocycles. The van der Waals surface area contributed by atoms with Gasteiger partial charge in [0.2, 0.25) is 5.91 Å². The SMILES string of the molecule is CCN(C(=O)CNCCc1ccc(Cl)cc1)c1cccc(C)c1. The summed E-state index contributed by atoms with van der Waals surface area (Å²) in [6, 6.07) is 15.8. The maximum Gasteiger partial charge on any atom is 0.240 e. The average molecular weight is 331 g/mol. The molecule has 0 spiro atoms. The maximum atomic E-state index is 12.4. The molecule has 122 valence electrons. The van der Waals surface area contributed by atoms with E-state index >= 15 is 0 Å². The summed E-state index contributed by atoms with van der Waals surface area (Å²) in [5.41, 5.74) is 3.32. The third kappa shape index (κ3) is 5.38.